The predicted octanol–water partition coefficient (Wildman–Crippen LogP) is 3.95. The average Bonchev–Trinajstić information content (AvgIpc) is 3.26. The van der Waals surface area contributed by atoms with Crippen LogP contribution < -0.4 is 5.32 Å². The molecule has 2 N–H and O–H groups in total. The Labute approximate surface area is 207 Å². The lowest BCUT2D eigenvalue weighted by atomic mass is 10.2. The molecule has 0 fully saturated rings. The number of rotatable bonds is 8. The van der Waals surface area contributed by atoms with Crippen molar-refractivity contribution >= 4 is 39.8 Å². The molecular formula is C23H30IN5O2S. The van der Waals surface area contributed by atoms with Crippen molar-refractivity contribution in [3.63, 3.8) is 0 Å². The van der Waals surface area contributed by atoms with E-state index in [1.54, 1.807) is 31.3 Å². The summed E-state index contributed by atoms with van der Waals surface area (Å²) in [4.78, 5) is 14.4. The molecule has 2 aromatic carbocycles. The van der Waals surface area contributed by atoms with E-state index in [4.69, 9.17) is 0 Å². The summed E-state index contributed by atoms with van der Waals surface area (Å²) >= 11 is 0. The quantitative estimate of drug-likeness (QED) is 0.245. The lowest BCUT2D eigenvalue weighted by molar-refractivity contribution is 0.450. The number of H-pyrrole nitrogens is 1. The topological polar surface area (TPSA) is 90.4 Å². The molecule has 172 valence electrons. The highest BCUT2D eigenvalue weighted by molar-refractivity contribution is 14.0. The Bertz CT molecular complexity index is 1100. The van der Waals surface area contributed by atoms with E-state index in [1.807, 2.05) is 61.5 Å². The van der Waals surface area contributed by atoms with E-state index in [1.165, 1.54) is 0 Å². The van der Waals surface area contributed by atoms with Crippen LogP contribution in [0.2, 0.25) is 0 Å². The van der Waals surface area contributed by atoms with Crippen molar-refractivity contribution in [2.45, 2.75) is 30.8 Å². The molecule has 0 aliphatic carbocycles. The number of imidazole rings is 1. The molecule has 0 amide bonds. The molecule has 32 heavy (non-hydrogen) atoms. The van der Waals surface area contributed by atoms with Crippen LogP contribution in [-0.4, -0.2) is 55.1 Å². The van der Waals surface area contributed by atoms with Crippen LogP contribution in [0.15, 0.2) is 76.7 Å². The fraction of sp³-hybridized carbons (Fsp3) is 0.304. The van der Waals surface area contributed by atoms with E-state index < -0.39 is 9.84 Å². The molecule has 0 radical (unpaired) electrons. The Balaban J connectivity index is 0.00000363. The summed E-state index contributed by atoms with van der Waals surface area (Å²) < 4.78 is 25.5. The minimum absolute atomic E-state index is 0. The van der Waals surface area contributed by atoms with Gasteiger partial charge in [-0.1, -0.05) is 55.5 Å². The zero-order chi connectivity index (χ0) is 22.3. The first-order valence-corrected chi connectivity index (χ1v) is 11.9. The molecule has 0 bridgehead atoms. The highest BCUT2D eigenvalue weighted by Crippen LogP contribution is 2.17. The van der Waals surface area contributed by atoms with Crippen molar-refractivity contribution in [2.24, 2.45) is 4.99 Å². The first-order chi connectivity index (χ1) is 14.9. The van der Waals surface area contributed by atoms with E-state index in [2.05, 4.69) is 20.3 Å². The molecule has 9 heteroatoms. The first-order valence-electron chi connectivity index (χ1n) is 10.2. The van der Waals surface area contributed by atoms with Gasteiger partial charge in [0.05, 0.1) is 29.1 Å². The standard InChI is InChI=1S/C23H29N5O2S.HI/c1-4-19(17-31(29,30)20-13-9-6-10-14-20)26-23(24-2)28(3)16-22-25-15-21(27-22)18-11-7-5-8-12-18;/h5-15,19H,4,16-17H2,1-3H3,(H,24,26)(H,25,27);1H. The van der Waals surface area contributed by atoms with Crippen LogP contribution in [0.5, 0.6) is 0 Å². The van der Waals surface area contributed by atoms with Gasteiger partial charge in [0.25, 0.3) is 0 Å². The Morgan fingerprint density at radius 3 is 2.34 bits per heavy atom. The van der Waals surface area contributed by atoms with Gasteiger partial charge in [0.15, 0.2) is 15.8 Å². The lowest BCUT2D eigenvalue weighted by Gasteiger charge is -2.26. The Hall–Kier alpha value is -2.40. The molecule has 0 aliphatic rings. The van der Waals surface area contributed by atoms with Crippen molar-refractivity contribution in [3.05, 3.63) is 72.7 Å². The number of guanidine groups is 1. The van der Waals surface area contributed by atoms with E-state index in [-0.39, 0.29) is 35.8 Å². The molecule has 0 saturated carbocycles. The largest absolute Gasteiger partial charge is 0.352 e. The van der Waals surface area contributed by atoms with Gasteiger partial charge in [-0.3, -0.25) is 4.99 Å². The number of nitrogens with one attached hydrogen (secondary N) is 2. The van der Waals surface area contributed by atoms with Crippen molar-refractivity contribution in [2.75, 3.05) is 19.8 Å². The summed E-state index contributed by atoms with van der Waals surface area (Å²) in [6, 6.07) is 18.3. The number of hydrogen-bond acceptors (Lipinski definition) is 4. The van der Waals surface area contributed by atoms with Gasteiger partial charge in [0.2, 0.25) is 0 Å². The van der Waals surface area contributed by atoms with Gasteiger partial charge in [-0.05, 0) is 24.1 Å². The van der Waals surface area contributed by atoms with Crippen molar-refractivity contribution < 1.29 is 8.42 Å². The van der Waals surface area contributed by atoms with Crippen molar-refractivity contribution in [1.29, 1.82) is 0 Å². The fourth-order valence-corrected chi connectivity index (χ4v) is 4.90. The first kappa shape index (κ1) is 25.9. The summed E-state index contributed by atoms with van der Waals surface area (Å²) in [6.07, 6.45) is 2.47. The van der Waals surface area contributed by atoms with Gasteiger partial charge in [0.1, 0.15) is 5.82 Å². The molecule has 0 spiro atoms. The summed E-state index contributed by atoms with van der Waals surface area (Å²) in [5.41, 5.74) is 2.02. The Morgan fingerprint density at radius 1 is 1.12 bits per heavy atom. The Morgan fingerprint density at radius 2 is 1.75 bits per heavy atom. The number of nitrogens with zero attached hydrogens (tertiary/aromatic N) is 3. The number of halogens is 1. The molecule has 1 atom stereocenters. The van der Waals surface area contributed by atoms with Crippen molar-refractivity contribution in [3.8, 4) is 11.3 Å². The third-order valence-electron chi connectivity index (χ3n) is 5.02. The average molecular weight is 567 g/mol. The van der Waals surface area contributed by atoms with Crippen molar-refractivity contribution in [1.82, 2.24) is 20.2 Å². The number of aliphatic imine (C=N–C) groups is 1. The van der Waals surface area contributed by atoms with Crippen LogP contribution in [0, 0.1) is 0 Å². The molecular weight excluding hydrogens is 537 g/mol. The van der Waals surface area contributed by atoms with E-state index in [0.717, 1.165) is 17.1 Å². The third kappa shape index (κ3) is 6.80. The minimum Gasteiger partial charge on any atom is -0.352 e. The van der Waals surface area contributed by atoms with Crippen LogP contribution in [0.4, 0.5) is 0 Å². The molecule has 7 nitrogen and oxygen atoms in total. The van der Waals surface area contributed by atoms with E-state index in [9.17, 15) is 8.42 Å². The SMILES string of the molecule is CCC(CS(=O)(=O)c1ccccc1)NC(=NC)N(C)Cc1ncc(-c2ccccc2)[nH]1.I. The summed E-state index contributed by atoms with van der Waals surface area (Å²) in [5, 5.41) is 3.29. The molecule has 3 aromatic rings. The summed E-state index contributed by atoms with van der Waals surface area (Å²) in [6.45, 7) is 2.47. The summed E-state index contributed by atoms with van der Waals surface area (Å²) in [5.74, 6) is 1.42. The molecule has 1 heterocycles. The zero-order valence-corrected chi connectivity index (χ0v) is 21.7. The number of sulfone groups is 1. The molecule has 1 aromatic heterocycles. The van der Waals surface area contributed by atoms with E-state index in [0.29, 0.717) is 23.8 Å². The minimum atomic E-state index is -3.39. The van der Waals surface area contributed by atoms with E-state index >= 15 is 0 Å². The fourth-order valence-electron chi connectivity index (χ4n) is 3.29. The van der Waals surface area contributed by atoms with Gasteiger partial charge >= 0.3 is 0 Å². The second kappa shape index (κ2) is 12.0. The highest BCUT2D eigenvalue weighted by atomic mass is 127. The highest BCUT2D eigenvalue weighted by Gasteiger charge is 2.22. The lowest BCUT2D eigenvalue weighted by Crippen LogP contribution is -2.46. The second-order valence-corrected chi connectivity index (χ2v) is 9.39. The normalized spacial score (nSPS) is 12.7. The number of hydrogen-bond donors (Lipinski definition) is 2. The van der Waals surface area contributed by atoms with Gasteiger partial charge in [-0.2, -0.15) is 0 Å². The number of benzene rings is 2. The third-order valence-corrected chi connectivity index (χ3v) is 6.85. The van der Waals surface area contributed by atoms with Crippen LogP contribution in [0.1, 0.15) is 19.2 Å². The van der Waals surface area contributed by atoms with Gasteiger partial charge in [0, 0.05) is 20.1 Å². The van der Waals surface area contributed by atoms with Gasteiger partial charge in [-0.15, -0.1) is 24.0 Å². The smallest absolute Gasteiger partial charge is 0.194 e. The van der Waals surface area contributed by atoms with Gasteiger partial charge in [-0.25, -0.2) is 13.4 Å². The number of aromatic nitrogens is 2. The van der Waals surface area contributed by atoms with Gasteiger partial charge < -0.3 is 15.2 Å². The zero-order valence-electron chi connectivity index (χ0n) is 18.5. The second-order valence-electron chi connectivity index (χ2n) is 7.36. The van der Waals surface area contributed by atoms with Crippen LogP contribution >= 0.6 is 24.0 Å². The maximum Gasteiger partial charge on any atom is 0.194 e. The summed E-state index contributed by atoms with van der Waals surface area (Å²) in [7, 11) is 0.199. The monoisotopic (exact) mass is 567 g/mol. The number of aromatic amines is 1. The molecule has 0 aliphatic heterocycles. The van der Waals surface area contributed by atoms with Crippen LogP contribution in [-0.2, 0) is 16.4 Å². The molecule has 0 saturated heterocycles. The maximum atomic E-state index is 12.8. The molecule has 1 unspecified atom stereocenters. The van der Waals surface area contributed by atoms with Crippen LogP contribution in [0.3, 0.4) is 0 Å². The predicted molar refractivity (Wildman–Crippen MR) is 140 cm³/mol. The van der Waals surface area contributed by atoms with Crippen LogP contribution in [0.25, 0.3) is 11.3 Å². The maximum absolute atomic E-state index is 12.8. The molecule has 3 rings (SSSR count). The Kier molecular flexibility index (Phi) is 9.70.